The van der Waals surface area contributed by atoms with E-state index >= 15 is 0 Å². The Hall–Kier alpha value is -4.02. The van der Waals surface area contributed by atoms with E-state index in [1.54, 1.807) is 36.4 Å². The maximum Gasteiger partial charge on any atom is 0.262 e. The summed E-state index contributed by atoms with van der Waals surface area (Å²) in [5, 5.41) is 5.70. The molecule has 0 spiro atoms. The summed E-state index contributed by atoms with van der Waals surface area (Å²) < 4.78 is 48.4. The monoisotopic (exact) mass is 550 g/mol. The first kappa shape index (κ1) is 27.5. The Bertz CT molecular complexity index is 1390. The first-order valence-electron chi connectivity index (χ1n) is 13.1. The van der Waals surface area contributed by atoms with Crippen LogP contribution in [0.3, 0.4) is 0 Å². The van der Waals surface area contributed by atoms with Gasteiger partial charge in [0, 0.05) is 38.2 Å². The van der Waals surface area contributed by atoms with E-state index < -0.39 is 35.3 Å². The molecule has 0 radical (unpaired) electrons. The summed E-state index contributed by atoms with van der Waals surface area (Å²) in [5.74, 6) is -2.75. The van der Waals surface area contributed by atoms with Gasteiger partial charge in [0.1, 0.15) is 24.0 Å². The van der Waals surface area contributed by atoms with Crippen LogP contribution in [-0.4, -0.2) is 78.3 Å². The van der Waals surface area contributed by atoms with Crippen molar-refractivity contribution in [1.29, 1.82) is 0 Å². The third-order valence-corrected chi connectivity index (χ3v) is 7.12. The fraction of sp³-hybridized carbons (Fsp3) is 0.300. The lowest BCUT2D eigenvalue weighted by molar-refractivity contribution is -0.133. The Morgan fingerprint density at radius 3 is 2.27 bits per heavy atom. The van der Waals surface area contributed by atoms with Crippen LogP contribution in [0.25, 0.3) is 0 Å². The number of carbonyl (C=O) groups excluding carboxylic acids is 2. The van der Waals surface area contributed by atoms with Crippen LogP contribution in [0.5, 0.6) is 0 Å². The molecule has 10 heteroatoms. The Kier molecular flexibility index (Phi) is 8.57. The number of carbonyl (C=O) groups is 2. The number of amides is 2. The predicted molar refractivity (Wildman–Crippen MR) is 143 cm³/mol. The molecule has 2 amide bonds. The fourth-order valence-corrected chi connectivity index (χ4v) is 4.92. The molecule has 7 nitrogen and oxygen atoms in total. The van der Waals surface area contributed by atoms with Crippen LogP contribution in [-0.2, 0) is 9.53 Å². The van der Waals surface area contributed by atoms with Gasteiger partial charge in [0.05, 0.1) is 30.5 Å². The number of hydrogen-bond acceptors (Lipinski definition) is 5. The van der Waals surface area contributed by atoms with Gasteiger partial charge >= 0.3 is 0 Å². The molecule has 0 saturated carbocycles. The molecule has 0 aromatic heterocycles. The zero-order valence-electron chi connectivity index (χ0n) is 21.8. The SMILES string of the molecule is O=C(c1ccccc1F)N(CCN1CCOCC1)CC(=O)N1N=C(c2ccc(F)cc2)C[C@@H]1c1ccccc1F. The molecule has 3 aromatic carbocycles. The zero-order valence-corrected chi connectivity index (χ0v) is 21.8. The van der Waals surface area contributed by atoms with Gasteiger partial charge < -0.3 is 9.64 Å². The largest absolute Gasteiger partial charge is 0.379 e. The summed E-state index contributed by atoms with van der Waals surface area (Å²) in [6.45, 7) is 2.76. The molecule has 2 aliphatic heterocycles. The number of rotatable bonds is 8. The third-order valence-electron chi connectivity index (χ3n) is 7.12. The highest BCUT2D eigenvalue weighted by Gasteiger charge is 2.36. The number of hydrazone groups is 1. The molecular formula is C30H29F3N4O3. The van der Waals surface area contributed by atoms with Crippen molar-refractivity contribution in [3.05, 3.63) is 107 Å². The van der Waals surface area contributed by atoms with Gasteiger partial charge in [0.2, 0.25) is 0 Å². The molecule has 0 N–H and O–H groups in total. The molecule has 5 rings (SSSR count). The van der Waals surface area contributed by atoms with Gasteiger partial charge in [-0.15, -0.1) is 0 Å². The zero-order chi connectivity index (χ0) is 28.1. The molecule has 1 fully saturated rings. The van der Waals surface area contributed by atoms with E-state index in [4.69, 9.17) is 4.74 Å². The van der Waals surface area contributed by atoms with Crippen molar-refractivity contribution in [3.63, 3.8) is 0 Å². The lowest BCUT2D eigenvalue weighted by Gasteiger charge is -2.31. The van der Waals surface area contributed by atoms with Gasteiger partial charge in [0.15, 0.2) is 0 Å². The Labute approximate surface area is 230 Å². The molecule has 0 unspecified atom stereocenters. The second kappa shape index (κ2) is 12.4. The van der Waals surface area contributed by atoms with E-state index in [1.807, 2.05) is 0 Å². The minimum atomic E-state index is -0.765. The highest BCUT2D eigenvalue weighted by molar-refractivity contribution is 6.03. The second-order valence-electron chi connectivity index (χ2n) is 9.69. The van der Waals surface area contributed by atoms with Gasteiger partial charge in [-0.2, -0.15) is 5.10 Å². The van der Waals surface area contributed by atoms with E-state index in [9.17, 15) is 22.8 Å². The maximum absolute atomic E-state index is 14.9. The second-order valence-corrected chi connectivity index (χ2v) is 9.69. The Morgan fingerprint density at radius 2 is 1.57 bits per heavy atom. The minimum absolute atomic E-state index is 0.139. The number of halogens is 3. The number of nitrogens with zero attached hydrogens (tertiary/aromatic N) is 4. The quantitative estimate of drug-likeness (QED) is 0.421. The molecule has 208 valence electrons. The van der Waals surface area contributed by atoms with E-state index in [0.29, 0.717) is 44.1 Å². The van der Waals surface area contributed by atoms with Crippen LogP contribution < -0.4 is 0 Å². The van der Waals surface area contributed by atoms with Crippen LogP contribution in [0.2, 0.25) is 0 Å². The van der Waals surface area contributed by atoms with E-state index in [2.05, 4.69) is 10.0 Å². The van der Waals surface area contributed by atoms with Crippen molar-refractivity contribution in [2.75, 3.05) is 45.9 Å². The maximum atomic E-state index is 14.9. The van der Waals surface area contributed by atoms with E-state index in [-0.39, 0.29) is 30.6 Å². The molecule has 2 heterocycles. The summed E-state index contributed by atoms with van der Waals surface area (Å²) >= 11 is 0. The van der Waals surface area contributed by atoms with Crippen LogP contribution >= 0.6 is 0 Å². The van der Waals surface area contributed by atoms with Gasteiger partial charge in [-0.3, -0.25) is 14.5 Å². The molecule has 40 heavy (non-hydrogen) atoms. The van der Waals surface area contributed by atoms with Crippen molar-refractivity contribution < 1.29 is 27.5 Å². The van der Waals surface area contributed by atoms with Crippen LogP contribution in [0, 0.1) is 17.5 Å². The molecule has 0 aliphatic carbocycles. The van der Waals surface area contributed by atoms with Crippen molar-refractivity contribution in [2.24, 2.45) is 5.10 Å². The summed E-state index contributed by atoms with van der Waals surface area (Å²) in [5.41, 5.74) is 1.23. The average molecular weight is 551 g/mol. The highest BCUT2D eigenvalue weighted by Crippen LogP contribution is 2.34. The predicted octanol–water partition coefficient (Wildman–Crippen LogP) is 4.26. The van der Waals surface area contributed by atoms with Crippen molar-refractivity contribution >= 4 is 17.5 Å². The normalized spacial score (nSPS) is 17.5. The lowest BCUT2D eigenvalue weighted by atomic mass is 9.98. The highest BCUT2D eigenvalue weighted by atomic mass is 19.1. The summed E-state index contributed by atoms with van der Waals surface area (Å²) in [4.78, 5) is 30.6. The lowest BCUT2D eigenvalue weighted by Crippen LogP contribution is -2.46. The van der Waals surface area contributed by atoms with Crippen molar-refractivity contribution in [3.8, 4) is 0 Å². The minimum Gasteiger partial charge on any atom is -0.379 e. The third kappa shape index (κ3) is 6.24. The smallest absolute Gasteiger partial charge is 0.262 e. The van der Waals surface area contributed by atoms with E-state index in [1.165, 1.54) is 46.3 Å². The Morgan fingerprint density at radius 1 is 0.900 bits per heavy atom. The average Bonchev–Trinajstić information content (AvgIpc) is 3.42. The topological polar surface area (TPSA) is 65.5 Å². The van der Waals surface area contributed by atoms with Gasteiger partial charge in [0.25, 0.3) is 11.8 Å². The van der Waals surface area contributed by atoms with Crippen LogP contribution in [0.15, 0.2) is 77.9 Å². The molecule has 1 atom stereocenters. The molecule has 3 aromatic rings. The van der Waals surface area contributed by atoms with Gasteiger partial charge in [-0.05, 0) is 35.9 Å². The number of benzene rings is 3. The van der Waals surface area contributed by atoms with Crippen LogP contribution in [0.1, 0.15) is 33.9 Å². The molecule has 1 saturated heterocycles. The summed E-state index contributed by atoms with van der Waals surface area (Å²) in [6.07, 6.45) is 0.202. The molecule has 0 bridgehead atoms. The standard InChI is InChI=1S/C30H29F3N4O3/c31-22-11-9-21(10-12-22)27-19-28(23-5-1-3-7-25(23)32)37(34-27)29(38)20-36(14-13-35-15-17-40-18-16-35)30(39)24-6-2-4-8-26(24)33/h1-12,28H,13-20H2/t28-/m1/s1. The fourth-order valence-electron chi connectivity index (χ4n) is 4.92. The van der Waals surface area contributed by atoms with Crippen molar-refractivity contribution in [1.82, 2.24) is 14.8 Å². The number of morpholine rings is 1. The summed E-state index contributed by atoms with van der Waals surface area (Å²) in [6, 6.07) is 16.7. The van der Waals surface area contributed by atoms with Crippen molar-refractivity contribution in [2.45, 2.75) is 12.5 Å². The number of ether oxygens (including phenoxy) is 1. The van der Waals surface area contributed by atoms with Gasteiger partial charge in [-0.25, -0.2) is 18.2 Å². The number of hydrogen-bond donors (Lipinski definition) is 0. The van der Waals surface area contributed by atoms with Crippen LogP contribution in [0.4, 0.5) is 13.2 Å². The summed E-state index contributed by atoms with van der Waals surface area (Å²) in [7, 11) is 0. The van der Waals surface area contributed by atoms with E-state index in [0.717, 1.165) is 0 Å². The van der Waals surface area contributed by atoms with Gasteiger partial charge in [-0.1, -0.05) is 42.5 Å². The molecular weight excluding hydrogens is 521 g/mol. The first-order chi connectivity index (χ1) is 19.4. The molecule has 2 aliphatic rings. The Balaban J connectivity index is 1.43. The first-order valence-corrected chi connectivity index (χ1v) is 13.1.